The minimum atomic E-state index is -0.413. The SMILES string of the molecule is C=CCOC(=O)C1(c2ccccc2)CC(C)C1. The third kappa shape index (κ3) is 2.12. The second kappa shape index (κ2) is 4.74. The molecular weight excluding hydrogens is 212 g/mol. The molecule has 1 aliphatic rings. The van der Waals surface area contributed by atoms with Crippen molar-refractivity contribution < 1.29 is 9.53 Å². The second-order valence-electron chi connectivity index (χ2n) is 4.85. The third-order valence-electron chi connectivity index (χ3n) is 3.44. The number of hydrogen-bond donors (Lipinski definition) is 0. The number of carbonyl (C=O) groups excluding carboxylic acids is 1. The first kappa shape index (κ1) is 11.9. The lowest BCUT2D eigenvalue weighted by molar-refractivity contribution is -0.155. The fourth-order valence-corrected chi connectivity index (χ4v) is 2.68. The minimum Gasteiger partial charge on any atom is -0.461 e. The maximum atomic E-state index is 12.2. The van der Waals surface area contributed by atoms with Crippen LogP contribution in [0.4, 0.5) is 0 Å². The predicted octanol–water partition coefficient (Wildman–Crippen LogP) is 3.08. The Kier molecular flexibility index (Phi) is 3.32. The van der Waals surface area contributed by atoms with Crippen LogP contribution in [0.15, 0.2) is 43.0 Å². The molecule has 1 aromatic rings. The average molecular weight is 230 g/mol. The van der Waals surface area contributed by atoms with Crippen LogP contribution in [0.1, 0.15) is 25.3 Å². The van der Waals surface area contributed by atoms with E-state index in [0.29, 0.717) is 12.5 Å². The molecule has 2 rings (SSSR count). The van der Waals surface area contributed by atoms with Crippen molar-refractivity contribution in [3.63, 3.8) is 0 Å². The normalized spacial score (nSPS) is 27.0. The van der Waals surface area contributed by atoms with Gasteiger partial charge in [0.15, 0.2) is 0 Å². The monoisotopic (exact) mass is 230 g/mol. The van der Waals surface area contributed by atoms with Crippen molar-refractivity contribution in [3.05, 3.63) is 48.6 Å². The quantitative estimate of drug-likeness (QED) is 0.587. The summed E-state index contributed by atoms with van der Waals surface area (Å²) in [5.74, 6) is 0.480. The molecule has 2 heteroatoms. The van der Waals surface area contributed by atoms with Gasteiger partial charge in [-0.1, -0.05) is 49.9 Å². The molecule has 90 valence electrons. The van der Waals surface area contributed by atoms with Crippen LogP contribution in [0.3, 0.4) is 0 Å². The van der Waals surface area contributed by atoms with E-state index in [1.165, 1.54) is 0 Å². The summed E-state index contributed by atoms with van der Waals surface area (Å²) in [6.07, 6.45) is 3.37. The zero-order valence-corrected chi connectivity index (χ0v) is 10.2. The summed E-state index contributed by atoms with van der Waals surface area (Å²) in [5, 5.41) is 0. The molecule has 0 amide bonds. The van der Waals surface area contributed by atoms with Crippen LogP contribution in [0.25, 0.3) is 0 Å². The van der Waals surface area contributed by atoms with E-state index < -0.39 is 5.41 Å². The van der Waals surface area contributed by atoms with Gasteiger partial charge in [-0.2, -0.15) is 0 Å². The highest BCUT2D eigenvalue weighted by Gasteiger charge is 2.50. The van der Waals surface area contributed by atoms with Gasteiger partial charge in [-0.3, -0.25) is 4.79 Å². The Hall–Kier alpha value is -1.57. The van der Waals surface area contributed by atoms with Crippen LogP contribution >= 0.6 is 0 Å². The Labute approximate surface area is 102 Å². The molecule has 17 heavy (non-hydrogen) atoms. The number of rotatable bonds is 4. The average Bonchev–Trinajstić information content (AvgIpc) is 2.33. The smallest absolute Gasteiger partial charge is 0.316 e. The highest BCUT2D eigenvalue weighted by Crippen LogP contribution is 2.48. The number of carbonyl (C=O) groups is 1. The lowest BCUT2D eigenvalue weighted by atomic mass is 9.59. The Morgan fingerprint density at radius 3 is 2.65 bits per heavy atom. The van der Waals surface area contributed by atoms with E-state index in [4.69, 9.17) is 4.74 Å². The van der Waals surface area contributed by atoms with E-state index in [-0.39, 0.29) is 5.97 Å². The van der Waals surface area contributed by atoms with E-state index in [0.717, 1.165) is 18.4 Å². The molecule has 0 aliphatic heterocycles. The van der Waals surface area contributed by atoms with Gasteiger partial charge < -0.3 is 4.74 Å². The molecule has 1 aliphatic carbocycles. The maximum Gasteiger partial charge on any atom is 0.316 e. The van der Waals surface area contributed by atoms with Crippen molar-refractivity contribution >= 4 is 5.97 Å². The molecular formula is C15H18O2. The Morgan fingerprint density at radius 1 is 1.47 bits per heavy atom. The summed E-state index contributed by atoms with van der Waals surface area (Å²) in [5.41, 5.74) is 0.663. The number of benzene rings is 1. The van der Waals surface area contributed by atoms with Crippen molar-refractivity contribution in [2.24, 2.45) is 5.92 Å². The molecule has 1 aromatic carbocycles. The van der Waals surface area contributed by atoms with E-state index >= 15 is 0 Å². The van der Waals surface area contributed by atoms with Gasteiger partial charge in [0.05, 0.1) is 5.41 Å². The van der Waals surface area contributed by atoms with Gasteiger partial charge in [0.25, 0.3) is 0 Å². The molecule has 1 saturated carbocycles. The van der Waals surface area contributed by atoms with Gasteiger partial charge in [0, 0.05) is 0 Å². The molecule has 0 atom stereocenters. The zero-order chi connectivity index (χ0) is 12.3. The Balaban J connectivity index is 2.22. The lowest BCUT2D eigenvalue weighted by Crippen LogP contribution is -2.48. The molecule has 0 saturated heterocycles. The summed E-state index contributed by atoms with van der Waals surface area (Å²) in [6, 6.07) is 9.94. The first-order valence-electron chi connectivity index (χ1n) is 6.03. The first-order chi connectivity index (χ1) is 8.19. The van der Waals surface area contributed by atoms with Crippen LogP contribution in [0.2, 0.25) is 0 Å². The molecule has 0 radical (unpaired) electrons. The number of esters is 1. The second-order valence-corrected chi connectivity index (χ2v) is 4.85. The Morgan fingerprint density at radius 2 is 2.12 bits per heavy atom. The van der Waals surface area contributed by atoms with Gasteiger partial charge in [0.2, 0.25) is 0 Å². The van der Waals surface area contributed by atoms with Crippen LogP contribution in [0, 0.1) is 5.92 Å². The van der Waals surface area contributed by atoms with E-state index in [1.807, 2.05) is 30.3 Å². The van der Waals surface area contributed by atoms with Gasteiger partial charge >= 0.3 is 5.97 Å². The number of ether oxygens (including phenoxy) is 1. The summed E-state index contributed by atoms with van der Waals surface area (Å²) < 4.78 is 5.24. The van der Waals surface area contributed by atoms with Crippen LogP contribution in [-0.2, 0) is 14.9 Å². The summed E-state index contributed by atoms with van der Waals surface area (Å²) in [6.45, 7) is 6.03. The van der Waals surface area contributed by atoms with Crippen molar-refractivity contribution in [1.29, 1.82) is 0 Å². The molecule has 1 fully saturated rings. The van der Waals surface area contributed by atoms with E-state index in [9.17, 15) is 4.79 Å². The lowest BCUT2D eigenvalue weighted by Gasteiger charge is -2.44. The highest BCUT2D eigenvalue weighted by atomic mass is 16.5. The fraction of sp³-hybridized carbons (Fsp3) is 0.400. The van der Waals surface area contributed by atoms with Crippen LogP contribution in [-0.4, -0.2) is 12.6 Å². The predicted molar refractivity (Wildman–Crippen MR) is 67.7 cm³/mol. The minimum absolute atomic E-state index is 0.110. The van der Waals surface area contributed by atoms with Crippen LogP contribution < -0.4 is 0 Å². The fourth-order valence-electron chi connectivity index (χ4n) is 2.68. The molecule has 0 aromatic heterocycles. The molecule has 0 bridgehead atoms. The van der Waals surface area contributed by atoms with E-state index in [2.05, 4.69) is 13.5 Å². The molecule has 0 heterocycles. The van der Waals surface area contributed by atoms with Crippen molar-refractivity contribution in [1.82, 2.24) is 0 Å². The zero-order valence-electron chi connectivity index (χ0n) is 10.2. The Bertz CT molecular complexity index is 402. The molecule has 0 N–H and O–H groups in total. The van der Waals surface area contributed by atoms with Gasteiger partial charge in [-0.15, -0.1) is 0 Å². The van der Waals surface area contributed by atoms with Crippen molar-refractivity contribution in [3.8, 4) is 0 Å². The molecule has 0 unspecified atom stereocenters. The maximum absolute atomic E-state index is 12.2. The van der Waals surface area contributed by atoms with Crippen molar-refractivity contribution in [2.75, 3.05) is 6.61 Å². The van der Waals surface area contributed by atoms with Gasteiger partial charge in [-0.05, 0) is 24.3 Å². The topological polar surface area (TPSA) is 26.3 Å². The van der Waals surface area contributed by atoms with Gasteiger partial charge in [-0.25, -0.2) is 0 Å². The largest absolute Gasteiger partial charge is 0.461 e. The first-order valence-corrected chi connectivity index (χ1v) is 6.03. The number of hydrogen-bond acceptors (Lipinski definition) is 2. The van der Waals surface area contributed by atoms with E-state index in [1.54, 1.807) is 6.08 Å². The summed E-state index contributed by atoms with van der Waals surface area (Å²) in [7, 11) is 0. The molecule has 0 spiro atoms. The summed E-state index contributed by atoms with van der Waals surface area (Å²) >= 11 is 0. The highest BCUT2D eigenvalue weighted by molar-refractivity contribution is 5.84. The molecule has 2 nitrogen and oxygen atoms in total. The van der Waals surface area contributed by atoms with Gasteiger partial charge in [0.1, 0.15) is 6.61 Å². The van der Waals surface area contributed by atoms with Crippen molar-refractivity contribution in [2.45, 2.75) is 25.2 Å². The standard InChI is InChI=1S/C15H18O2/c1-3-9-17-14(16)15(10-12(2)11-15)13-7-5-4-6-8-13/h3-8,12H,1,9-11H2,2H3. The third-order valence-corrected chi connectivity index (χ3v) is 3.44. The van der Waals surface area contributed by atoms with Crippen LogP contribution in [0.5, 0.6) is 0 Å². The summed E-state index contributed by atoms with van der Waals surface area (Å²) in [4.78, 5) is 12.2.